The first-order valence-corrected chi connectivity index (χ1v) is 12.1. The van der Waals surface area contributed by atoms with Gasteiger partial charge in [0, 0.05) is 18.8 Å². The van der Waals surface area contributed by atoms with Crippen LogP contribution >= 0.6 is 11.6 Å². The van der Waals surface area contributed by atoms with Crippen LogP contribution in [0.1, 0.15) is 28.8 Å². The molecule has 0 aliphatic carbocycles. The molecule has 4 rings (SSSR count). The average Bonchev–Trinajstić information content (AvgIpc) is 3.35. The molecule has 8 heteroatoms. The van der Waals surface area contributed by atoms with Gasteiger partial charge in [-0.25, -0.2) is 8.42 Å². The standard InChI is InChI=1S/C24H23ClN2O4S/c25-23-13-12-21(32(29,30)27-14-4-5-15-27)16-22(23)24(28)26-19-8-10-20(11-9-19)31-17-18-6-2-1-3-7-18/h1-3,6-13,16H,4-5,14-15,17H2,(H,26,28). The van der Waals surface area contributed by atoms with Gasteiger partial charge in [-0.2, -0.15) is 4.31 Å². The number of carbonyl (C=O) groups excluding carboxylic acids is 1. The summed E-state index contributed by atoms with van der Waals surface area (Å²) in [6.07, 6.45) is 1.68. The van der Waals surface area contributed by atoms with Crippen LogP contribution in [0, 0.1) is 0 Å². The van der Waals surface area contributed by atoms with E-state index in [1.54, 1.807) is 24.3 Å². The van der Waals surface area contributed by atoms with Crippen molar-refractivity contribution in [2.75, 3.05) is 18.4 Å². The van der Waals surface area contributed by atoms with Crippen molar-refractivity contribution in [1.29, 1.82) is 0 Å². The minimum Gasteiger partial charge on any atom is -0.489 e. The molecule has 3 aromatic rings. The lowest BCUT2D eigenvalue weighted by molar-refractivity contribution is 0.102. The van der Waals surface area contributed by atoms with Gasteiger partial charge in [0.05, 0.1) is 15.5 Å². The van der Waals surface area contributed by atoms with Gasteiger partial charge in [0.1, 0.15) is 12.4 Å². The molecule has 6 nitrogen and oxygen atoms in total. The molecular formula is C24H23ClN2O4S. The van der Waals surface area contributed by atoms with Gasteiger partial charge in [0.25, 0.3) is 5.91 Å². The normalized spacial score (nSPS) is 14.3. The molecule has 0 atom stereocenters. The number of anilines is 1. The maximum Gasteiger partial charge on any atom is 0.257 e. The van der Waals surface area contributed by atoms with Crippen LogP contribution in [0.15, 0.2) is 77.7 Å². The predicted octanol–water partition coefficient (Wildman–Crippen LogP) is 4.96. The highest BCUT2D eigenvalue weighted by atomic mass is 35.5. The largest absolute Gasteiger partial charge is 0.489 e. The second-order valence-electron chi connectivity index (χ2n) is 7.51. The Kier molecular flexibility index (Phi) is 6.79. The number of rotatable bonds is 7. The lowest BCUT2D eigenvalue weighted by Crippen LogP contribution is -2.28. The van der Waals surface area contributed by atoms with Gasteiger partial charge in [-0.3, -0.25) is 4.79 Å². The van der Waals surface area contributed by atoms with Crippen LogP contribution in [-0.2, 0) is 16.6 Å². The van der Waals surface area contributed by atoms with Crippen LogP contribution in [0.2, 0.25) is 5.02 Å². The number of amides is 1. The third kappa shape index (κ3) is 5.12. The number of halogens is 1. The number of carbonyl (C=O) groups is 1. The molecular weight excluding hydrogens is 448 g/mol. The molecule has 1 N–H and O–H groups in total. The van der Waals surface area contributed by atoms with Gasteiger partial charge in [-0.05, 0) is 60.9 Å². The fourth-order valence-corrected chi connectivity index (χ4v) is 5.24. The van der Waals surface area contributed by atoms with E-state index in [1.165, 1.54) is 22.5 Å². The zero-order valence-corrected chi connectivity index (χ0v) is 18.9. The summed E-state index contributed by atoms with van der Waals surface area (Å²) in [7, 11) is -3.64. The molecule has 1 amide bonds. The Morgan fingerprint density at radius 3 is 2.34 bits per heavy atom. The van der Waals surface area contributed by atoms with E-state index in [4.69, 9.17) is 16.3 Å². The van der Waals surface area contributed by atoms with Crippen LogP contribution in [0.4, 0.5) is 5.69 Å². The van der Waals surface area contributed by atoms with Gasteiger partial charge in [-0.1, -0.05) is 41.9 Å². The summed E-state index contributed by atoms with van der Waals surface area (Å²) in [5.41, 5.74) is 1.71. The van der Waals surface area contributed by atoms with Gasteiger partial charge < -0.3 is 10.1 Å². The van der Waals surface area contributed by atoms with E-state index >= 15 is 0 Å². The Balaban J connectivity index is 1.44. The monoisotopic (exact) mass is 470 g/mol. The number of ether oxygens (including phenoxy) is 1. The van der Waals surface area contributed by atoms with E-state index in [2.05, 4.69) is 5.32 Å². The van der Waals surface area contributed by atoms with Crippen molar-refractivity contribution in [2.24, 2.45) is 0 Å². The summed E-state index contributed by atoms with van der Waals surface area (Å²) in [4.78, 5) is 12.9. The van der Waals surface area contributed by atoms with E-state index in [9.17, 15) is 13.2 Å². The van der Waals surface area contributed by atoms with Crippen molar-refractivity contribution in [1.82, 2.24) is 4.31 Å². The second kappa shape index (κ2) is 9.73. The molecule has 1 aliphatic rings. The van der Waals surface area contributed by atoms with E-state index in [-0.39, 0.29) is 15.5 Å². The predicted molar refractivity (Wildman–Crippen MR) is 125 cm³/mol. The highest BCUT2D eigenvalue weighted by molar-refractivity contribution is 7.89. The molecule has 1 fully saturated rings. The first-order valence-electron chi connectivity index (χ1n) is 10.3. The molecule has 0 aromatic heterocycles. The molecule has 0 bridgehead atoms. The fourth-order valence-electron chi connectivity index (χ4n) is 3.49. The first kappa shape index (κ1) is 22.3. The molecule has 3 aromatic carbocycles. The Labute approximate surface area is 192 Å². The molecule has 1 aliphatic heterocycles. The zero-order valence-electron chi connectivity index (χ0n) is 17.3. The van der Waals surface area contributed by atoms with E-state index in [1.807, 2.05) is 30.3 Å². The van der Waals surface area contributed by atoms with Crippen molar-refractivity contribution in [3.63, 3.8) is 0 Å². The minimum atomic E-state index is -3.64. The lowest BCUT2D eigenvalue weighted by Gasteiger charge is -2.16. The van der Waals surface area contributed by atoms with Crippen molar-refractivity contribution in [2.45, 2.75) is 24.3 Å². The van der Waals surface area contributed by atoms with Gasteiger partial charge in [0.2, 0.25) is 10.0 Å². The molecule has 0 spiro atoms. The van der Waals surface area contributed by atoms with Crippen LogP contribution < -0.4 is 10.1 Å². The summed E-state index contributed by atoms with van der Waals surface area (Å²) in [6.45, 7) is 1.43. The van der Waals surface area contributed by atoms with Crippen molar-refractivity contribution in [3.8, 4) is 5.75 Å². The molecule has 0 radical (unpaired) electrons. The number of nitrogens with zero attached hydrogens (tertiary/aromatic N) is 1. The molecule has 0 saturated carbocycles. The molecule has 166 valence electrons. The minimum absolute atomic E-state index is 0.0682. The topological polar surface area (TPSA) is 75.7 Å². The van der Waals surface area contributed by atoms with Crippen molar-refractivity contribution >= 4 is 33.2 Å². The fraction of sp³-hybridized carbons (Fsp3) is 0.208. The first-order chi connectivity index (χ1) is 15.4. The number of nitrogens with one attached hydrogen (secondary N) is 1. The second-order valence-corrected chi connectivity index (χ2v) is 9.85. The summed E-state index contributed by atoms with van der Waals surface area (Å²) < 4.78 is 32.8. The van der Waals surface area contributed by atoms with Gasteiger partial charge in [-0.15, -0.1) is 0 Å². The number of hydrogen-bond acceptors (Lipinski definition) is 4. The molecule has 1 saturated heterocycles. The van der Waals surface area contributed by atoms with E-state index < -0.39 is 15.9 Å². The number of benzene rings is 3. The average molecular weight is 471 g/mol. The Bertz CT molecular complexity index is 1190. The Morgan fingerprint density at radius 1 is 0.969 bits per heavy atom. The quantitative estimate of drug-likeness (QED) is 0.529. The van der Waals surface area contributed by atoms with Crippen molar-refractivity contribution < 1.29 is 17.9 Å². The number of hydrogen-bond donors (Lipinski definition) is 1. The van der Waals surface area contributed by atoms with Crippen molar-refractivity contribution in [3.05, 3.63) is 88.9 Å². The van der Waals surface area contributed by atoms with Gasteiger partial charge in [0.15, 0.2) is 0 Å². The highest BCUT2D eigenvalue weighted by Crippen LogP contribution is 2.26. The zero-order chi connectivity index (χ0) is 22.6. The maximum absolute atomic E-state index is 12.8. The van der Waals surface area contributed by atoms with Crippen LogP contribution in [0.5, 0.6) is 5.75 Å². The summed E-state index contributed by atoms with van der Waals surface area (Å²) in [5.74, 6) is 0.190. The maximum atomic E-state index is 12.8. The third-order valence-corrected chi connectivity index (χ3v) is 7.47. The smallest absolute Gasteiger partial charge is 0.257 e. The molecule has 1 heterocycles. The van der Waals surface area contributed by atoms with Gasteiger partial charge >= 0.3 is 0 Å². The van der Waals surface area contributed by atoms with E-state index in [0.717, 1.165) is 18.4 Å². The van der Waals surface area contributed by atoms with Crippen LogP contribution in [-0.4, -0.2) is 31.7 Å². The SMILES string of the molecule is O=C(Nc1ccc(OCc2ccccc2)cc1)c1cc(S(=O)(=O)N2CCCC2)ccc1Cl. The van der Waals surface area contributed by atoms with Crippen LogP contribution in [0.25, 0.3) is 0 Å². The highest BCUT2D eigenvalue weighted by Gasteiger charge is 2.28. The molecule has 0 unspecified atom stereocenters. The molecule has 32 heavy (non-hydrogen) atoms. The summed E-state index contributed by atoms with van der Waals surface area (Å²) >= 11 is 6.20. The summed E-state index contributed by atoms with van der Waals surface area (Å²) in [6, 6.07) is 21.0. The summed E-state index contributed by atoms with van der Waals surface area (Å²) in [5, 5.41) is 2.95. The third-order valence-electron chi connectivity index (χ3n) is 5.25. The Morgan fingerprint density at radius 2 is 1.66 bits per heavy atom. The number of sulfonamides is 1. The van der Waals surface area contributed by atoms with E-state index in [0.29, 0.717) is 31.1 Å². The lowest BCUT2D eigenvalue weighted by atomic mass is 10.2. The van der Waals surface area contributed by atoms with Crippen LogP contribution in [0.3, 0.4) is 0 Å². The Hall–Kier alpha value is -2.87.